The minimum absolute atomic E-state index is 0.0824. The second kappa shape index (κ2) is 7.72. The molecule has 174 valence electrons. The van der Waals surface area contributed by atoms with E-state index in [0.717, 1.165) is 30.5 Å². The second-order valence-corrected chi connectivity index (χ2v) is 9.74. The van der Waals surface area contributed by atoms with Gasteiger partial charge >= 0.3 is 0 Å². The summed E-state index contributed by atoms with van der Waals surface area (Å²) in [5.74, 6) is -0.216. The highest BCUT2D eigenvalue weighted by Gasteiger charge is 2.52. The number of carbonyl (C=O) groups is 1. The Morgan fingerprint density at radius 1 is 1.21 bits per heavy atom. The fourth-order valence-corrected chi connectivity index (χ4v) is 5.44. The standard InChI is InChI=1S/C22H20Cl2N8O2/c1-11(33)16-10-27-32(29-16)20-15(23)5-12(8-26-20)28-21(34)13-7-22(3-2-4-22)19-14(13)9-25-18-6-17(24)30-31(18)19/h5-6,8-11,13,33H,2-4,7H2,1H3,(H,28,34)/t11-,13-/m1/s1. The Morgan fingerprint density at radius 3 is 2.71 bits per heavy atom. The number of rotatable bonds is 4. The van der Waals surface area contributed by atoms with Gasteiger partial charge in [0.15, 0.2) is 16.6 Å². The molecule has 2 aliphatic carbocycles. The van der Waals surface area contributed by atoms with Crippen LogP contribution in [0.15, 0.2) is 30.7 Å². The van der Waals surface area contributed by atoms with Crippen LogP contribution in [0.3, 0.4) is 0 Å². The first kappa shape index (κ1) is 21.5. The second-order valence-electron chi connectivity index (χ2n) is 8.94. The van der Waals surface area contributed by atoms with Crippen molar-refractivity contribution in [3.8, 4) is 5.82 Å². The van der Waals surface area contributed by atoms with Gasteiger partial charge in [-0.05, 0) is 32.3 Å². The monoisotopic (exact) mass is 498 g/mol. The van der Waals surface area contributed by atoms with Gasteiger partial charge in [0.25, 0.3) is 0 Å². The highest BCUT2D eigenvalue weighted by atomic mass is 35.5. The van der Waals surface area contributed by atoms with Crippen LogP contribution in [-0.2, 0) is 10.2 Å². The third-order valence-electron chi connectivity index (χ3n) is 6.80. The summed E-state index contributed by atoms with van der Waals surface area (Å²) in [6.07, 6.45) is 7.81. The van der Waals surface area contributed by atoms with Crippen molar-refractivity contribution in [2.75, 3.05) is 5.32 Å². The summed E-state index contributed by atoms with van der Waals surface area (Å²) in [7, 11) is 0. The van der Waals surface area contributed by atoms with Crippen molar-refractivity contribution in [3.05, 3.63) is 57.9 Å². The molecule has 6 rings (SSSR count). The summed E-state index contributed by atoms with van der Waals surface area (Å²) < 4.78 is 1.80. The maximum absolute atomic E-state index is 13.4. The van der Waals surface area contributed by atoms with Crippen LogP contribution < -0.4 is 5.32 Å². The van der Waals surface area contributed by atoms with Gasteiger partial charge in [0.2, 0.25) is 5.91 Å². The van der Waals surface area contributed by atoms with Gasteiger partial charge in [-0.2, -0.15) is 10.2 Å². The molecule has 4 heterocycles. The number of nitrogens with one attached hydrogen (secondary N) is 1. The molecule has 0 aliphatic heterocycles. The first-order valence-electron chi connectivity index (χ1n) is 11.0. The number of aromatic nitrogens is 7. The molecule has 1 saturated carbocycles. The smallest absolute Gasteiger partial charge is 0.232 e. The number of hydrogen-bond donors (Lipinski definition) is 2. The Bertz CT molecular complexity index is 1440. The minimum atomic E-state index is -0.757. The maximum atomic E-state index is 13.4. The van der Waals surface area contributed by atoms with Gasteiger partial charge in [-0.3, -0.25) is 4.79 Å². The van der Waals surface area contributed by atoms with E-state index in [1.54, 1.807) is 29.8 Å². The first-order chi connectivity index (χ1) is 16.3. The molecule has 4 aromatic heterocycles. The van der Waals surface area contributed by atoms with E-state index in [9.17, 15) is 9.90 Å². The van der Waals surface area contributed by atoms with E-state index in [4.69, 9.17) is 23.2 Å². The van der Waals surface area contributed by atoms with Gasteiger partial charge in [0, 0.05) is 23.2 Å². The van der Waals surface area contributed by atoms with Crippen molar-refractivity contribution < 1.29 is 9.90 Å². The van der Waals surface area contributed by atoms with Crippen molar-refractivity contribution in [2.24, 2.45) is 0 Å². The number of hydrogen-bond acceptors (Lipinski definition) is 7. The summed E-state index contributed by atoms with van der Waals surface area (Å²) in [4.78, 5) is 23.4. The molecule has 1 spiro atoms. The molecule has 34 heavy (non-hydrogen) atoms. The van der Waals surface area contributed by atoms with E-state index < -0.39 is 6.10 Å². The van der Waals surface area contributed by atoms with Gasteiger partial charge in [-0.25, -0.2) is 14.5 Å². The molecule has 2 N–H and O–H groups in total. The van der Waals surface area contributed by atoms with Crippen molar-refractivity contribution in [2.45, 2.75) is 50.0 Å². The van der Waals surface area contributed by atoms with E-state index in [0.29, 0.717) is 34.4 Å². The number of aliphatic hydroxyl groups is 1. The molecule has 0 radical (unpaired) electrons. The Morgan fingerprint density at radius 2 is 2.03 bits per heavy atom. The number of aliphatic hydroxyl groups excluding tert-OH is 1. The Balaban J connectivity index is 1.28. The summed E-state index contributed by atoms with van der Waals surface area (Å²) in [6.45, 7) is 1.60. The fourth-order valence-electron chi connectivity index (χ4n) is 5.02. The molecule has 10 nitrogen and oxygen atoms in total. The van der Waals surface area contributed by atoms with E-state index in [1.807, 2.05) is 0 Å². The Hall–Kier alpha value is -3.08. The molecule has 1 amide bonds. The highest BCUT2D eigenvalue weighted by Crippen LogP contribution is 2.56. The molecule has 2 atom stereocenters. The van der Waals surface area contributed by atoms with Gasteiger partial charge in [-0.1, -0.05) is 29.6 Å². The van der Waals surface area contributed by atoms with Crippen LogP contribution in [0.1, 0.15) is 61.6 Å². The number of amides is 1. The minimum Gasteiger partial charge on any atom is -0.387 e. The Kier molecular flexibility index (Phi) is 4.87. The zero-order chi connectivity index (χ0) is 23.6. The summed E-state index contributed by atoms with van der Waals surface area (Å²) in [6, 6.07) is 3.34. The topological polar surface area (TPSA) is 123 Å². The van der Waals surface area contributed by atoms with Crippen molar-refractivity contribution in [3.63, 3.8) is 0 Å². The van der Waals surface area contributed by atoms with E-state index in [1.165, 1.54) is 17.2 Å². The first-order valence-corrected chi connectivity index (χ1v) is 11.7. The predicted octanol–water partition coefficient (Wildman–Crippen LogP) is 3.61. The molecule has 0 saturated heterocycles. The average molecular weight is 499 g/mol. The third kappa shape index (κ3) is 3.28. The molecule has 0 aromatic carbocycles. The van der Waals surface area contributed by atoms with Crippen LogP contribution in [0.25, 0.3) is 11.5 Å². The fraction of sp³-hybridized carbons (Fsp3) is 0.364. The lowest BCUT2D eigenvalue weighted by atomic mass is 9.66. The zero-order valence-electron chi connectivity index (χ0n) is 18.1. The number of carbonyl (C=O) groups excluding carboxylic acids is 1. The lowest BCUT2D eigenvalue weighted by molar-refractivity contribution is -0.117. The molecular weight excluding hydrogens is 479 g/mol. The lowest BCUT2D eigenvalue weighted by Crippen LogP contribution is -2.34. The maximum Gasteiger partial charge on any atom is 0.232 e. The normalized spacial score (nSPS) is 19.2. The van der Waals surface area contributed by atoms with Crippen molar-refractivity contribution in [1.29, 1.82) is 0 Å². The molecule has 2 aliphatic rings. The quantitative estimate of drug-likeness (QED) is 0.440. The number of nitrogens with zero attached hydrogens (tertiary/aromatic N) is 7. The molecule has 0 unspecified atom stereocenters. The van der Waals surface area contributed by atoms with Crippen molar-refractivity contribution in [1.82, 2.24) is 34.6 Å². The molecule has 1 fully saturated rings. The summed E-state index contributed by atoms with van der Waals surface area (Å²) >= 11 is 12.6. The van der Waals surface area contributed by atoms with Gasteiger partial charge in [-0.15, -0.1) is 9.90 Å². The van der Waals surface area contributed by atoms with Crippen LogP contribution in [0.5, 0.6) is 0 Å². The van der Waals surface area contributed by atoms with Crippen LogP contribution in [-0.4, -0.2) is 45.6 Å². The van der Waals surface area contributed by atoms with Gasteiger partial charge < -0.3 is 10.4 Å². The zero-order valence-corrected chi connectivity index (χ0v) is 19.6. The van der Waals surface area contributed by atoms with Crippen LogP contribution in [0.4, 0.5) is 5.69 Å². The van der Waals surface area contributed by atoms with Crippen LogP contribution in [0, 0.1) is 0 Å². The van der Waals surface area contributed by atoms with Gasteiger partial charge in [0.1, 0.15) is 5.69 Å². The lowest BCUT2D eigenvalue weighted by Gasteiger charge is -2.39. The van der Waals surface area contributed by atoms with Gasteiger partial charge in [0.05, 0.1) is 40.8 Å². The molecule has 0 bridgehead atoms. The van der Waals surface area contributed by atoms with E-state index in [-0.39, 0.29) is 22.3 Å². The molecule has 12 heteroatoms. The number of anilines is 1. The summed E-state index contributed by atoms with van der Waals surface area (Å²) in [5.41, 5.74) is 3.40. The SMILES string of the molecule is C[C@@H](O)c1cnn(-c2ncc(NC(=O)[C@@H]3CC4(CCC4)c4c3cnc3cc(Cl)nn43)cc2Cl)n1. The molecule has 4 aromatic rings. The Labute approximate surface area is 203 Å². The number of fused-ring (bicyclic) bond motifs is 4. The highest BCUT2D eigenvalue weighted by molar-refractivity contribution is 6.32. The molecular formula is C22H20Cl2N8O2. The third-order valence-corrected chi connectivity index (χ3v) is 7.26. The van der Waals surface area contributed by atoms with Crippen molar-refractivity contribution >= 4 is 40.4 Å². The average Bonchev–Trinajstić information content (AvgIpc) is 3.47. The largest absolute Gasteiger partial charge is 0.387 e. The number of halogens is 2. The summed E-state index contributed by atoms with van der Waals surface area (Å²) in [5, 5.41) is 26.0. The van der Waals surface area contributed by atoms with Crippen LogP contribution in [0.2, 0.25) is 10.2 Å². The predicted molar refractivity (Wildman–Crippen MR) is 124 cm³/mol. The van der Waals surface area contributed by atoms with Crippen LogP contribution >= 0.6 is 23.2 Å². The van der Waals surface area contributed by atoms with E-state index in [2.05, 4.69) is 30.6 Å². The van der Waals surface area contributed by atoms with E-state index >= 15 is 0 Å². The number of pyridine rings is 1.